The van der Waals surface area contributed by atoms with Crippen molar-refractivity contribution in [1.29, 1.82) is 0 Å². The summed E-state index contributed by atoms with van der Waals surface area (Å²) in [5.74, 6) is 1.80. The van der Waals surface area contributed by atoms with Gasteiger partial charge in [0.15, 0.2) is 5.17 Å². The van der Waals surface area contributed by atoms with Crippen LogP contribution >= 0.6 is 11.8 Å². The van der Waals surface area contributed by atoms with Crippen LogP contribution in [0.15, 0.2) is 4.99 Å². The van der Waals surface area contributed by atoms with E-state index in [1.165, 1.54) is 0 Å². The van der Waals surface area contributed by atoms with E-state index in [0.29, 0.717) is 24.1 Å². The Morgan fingerprint density at radius 2 is 2.20 bits per heavy atom. The van der Waals surface area contributed by atoms with Gasteiger partial charge in [-0.15, -0.1) is 0 Å². The fourth-order valence-electron chi connectivity index (χ4n) is 1.86. The summed E-state index contributed by atoms with van der Waals surface area (Å²) in [6.45, 7) is 4.48. The number of methoxy groups -OCH3 is 1. The molecule has 2 aliphatic rings. The number of aliphatic imine (C=N–C) groups is 1. The van der Waals surface area contributed by atoms with Gasteiger partial charge in [0.2, 0.25) is 0 Å². The molecule has 0 radical (unpaired) electrons. The van der Waals surface area contributed by atoms with E-state index in [2.05, 4.69) is 24.2 Å². The van der Waals surface area contributed by atoms with E-state index in [-0.39, 0.29) is 0 Å². The van der Waals surface area contributed by atoms with E-state index in [4.69, 9.17) is 4.74 Å². The highest BCUT2D eigenvalue weighted by atomic mass is 32.2. The molecule has 1 N–H and O–H groups in total. The Labute approximate surface area is 96.1 Å². The molecular formula is C11H20N2OS. The molecule has 15 heavy (non-hydrogen) atoms. The summed E-state index contributed by atoms with van der Waals surface area (Å²) in [7, 11) is 1.79. The summed E-state index contributed by atoms with van der Waals surface area (Å²) < 4.78 is 5.25. The quantitative estimate of drug-likeness (QED) is 0.801. The maximum atomic E-state index is 5.25. The average molecular weight is 228 g/mol. The van der Waals surface area contributed by atoms with E-state index in [1.54, 1.807) is 7.11 Å². The zero-order chi connectivity index (χ0) is 10.8. The largest absolute Gasteiger partial charge is 0.381 e. The normalized spacial score (nSPS) is 35.2. The van der Waals surface area contributed by atoms with Crippen molar-refractivity contribution in [2.45, 2.75) is 44.9 Å². The van der Waals surface area contributed by atoms with Crippen LogP contribution in [-0.2, 0) is 4.74 Å². The number of amidine groups is 1. The molecule has 3 nitrogen and oxygen atoms in total. The van der Waals surface area contributed by atoms with Crippen molar-refractivity contribution in [2.24, 2.45) is 10.9 Å². The first-order chi connectivity index (χ1) is 7.19. The van der Waals surface area contributed by atoms with Crippen LogP contribution in [0, 0.1) is 5.92 Å². The molecular weight excluding hydrogens is 208 g/mol. The third-order valence-electron chi connectivity index (χ3n) is 3.20. The minimum absolute atomic E-state index is 0.468. The molecule has 1 atom stereocenters. The predicted molar refractivity (Wildman–Crippen MR) is 65.5 cm³/mol. The summed E-state index contributed by atoms with van der Waals surface area (Å²) in [6.07, 6.45) is 2.72. The van der Waals surface area contributed by atoms with Crippen molar-refractivity contribution in [2.75, 3.05) is 12.9 Å². The summed E-state index contributed by atoms with van der Waals surface area (Å²) in [6, 6.07) is 1.10. The number of rotatable bonds is 3. The second-order valence-electron chi connectivity index (χ2n) is 4.73. The minimum atomic E-state index is 0.468. The van der Waals surface area contributed by atoms with Crippen molar-refractivity contribution >= 4 is 16.9 Å². The predicted octanol–water partition coefficient (Wildman–Crippen LogP) is 1.88. The Morgan fingerprint density at radius 1 is 1.47 bits per heavy atom. The second kappa shape index (κ2) is 4.74. The van der Waals surface area contributed by atoms with Crippen LogP contribution in [0.1, 0.15) is 26.7 Å². The number of nitrogens with one attached hydrogen (secondary N) is 1. The zero-order valence-electron chi connectivity index (χ0n) is 9.69. The maximum absolute atomic E-state index is 5.25. The van der Waals surface area contributed by atoms with Crippen LogP contribution in [0.5, 0.6) is 0 Å². The molecule has 1 aliphatic carbocycles. The Balaban J connectivity index is 1.75. The fourth-order valence-corrected chi connectivity index (χ4v) is 3.11. The van der Waals surface area contributed by atoms with Gasteiger partial charge in [0.05, 0.1) is 12.1 Å². The lowest BCUT2D eigenvalue weighted by Gasteiger charge is -2.34. The Morgan fingerprint density at radius 3 is 2.73 bits per heavy atom. The lowest BCUT2D eigenvalue weighted by Crippen LogP contribution is -2.46. The molecule has 0 amide bonds. The molecule has 0 aromatic heterocycles. The molecule has 0 bridgehead atoms. The first kappa shape index (κ1) is 11.3. The Kier molecular flexibility index (Phi) is 3.57. The van der Waals surface area contributed by atoms with Gasteiger partial charge >= 0.3 is 0 Å². The van der Waals surface area contributed by atoms with E-state index in [1.807, 2.05) is 11.8 Å². The molecule has 2 rings (SSSR count). The van der Waals surface area contributed by atoms with Gasteiger partial charge in [-0.25, -0.2) is 0 Å². The number of hydrogen-bond acceptors (Lipinski definition) is 4. The van der Waals surface area contributed by atoms with Crippen molar-refractivity contribution < 1.29 is 4.74 Å². The van der Waals surface area contributed by atoms with Crippen LogP contribution in [0.4, 0.5) is 0 Å². The first-order valence-corrected chi connectivity index (χ1v) is 6.67. The van der Waals surface area contributed by atoms with Gasteiger partial charge in [-0.2, -0.15) is 0 Å². The molecule has 1 unspecified atom stereocenters. The van der Waals surface area contributed by atoms with Gasteiger partial charge in [0.25, 0.3) is 0 Å². The van der Waals surface area contributed by atoms with Gasteiger partial charge in [-0.3, -0.25) is 4.99 Å². The number of hydrogen-bond donors (Lipinski definition) is 1. The summed E-state index contributed by atoms with van der Waals surface area (Å²) >= 11 is 1.86. The molecule has 1 heterocycles. The molecule has 86 valence electrons. The molecule has 0 spiro atoms. The van der Waals surface area contributed by atoms with Crippen LogP contribution in [0.2, 0.25) is 0 Å². The van der Waals surface area contributed by atoms with E-state index < -0.39 is 0 Å². The number of ether oxygens (including phenoxy) is 1. The van der Waals surface area contributed by atoms with Crippen LogP contribution in [0.3, 0.4) is 0 Å². The first-order valence-electron chi connectivity index (χ1n) is 5.69. The lowest BCUT2D eigenvalue weighted by molar-refractivity contribution is 0.0228. The smallest absolute Gasteiger partial charge is 0.157 e. The zero-order valence-corrected chi connectivity index (χ0v) is 10.5. The summed E-state index contributed by atoms with van der Waals surface area (Å²) in [4.78, 5) is 4.69. The van der Waals surface area contributed by atoms with Gasteiger partial charge in [0.1, 0.15) is 0 Å². The highest BCUT2D eigenvalue weighted by Gasteiger charge is 2.31. The lowest BCUT2D eigenvalue weighted by atomic mass is 9.89. The third-order valence-corrected chi connectivity index (χ3v) is 4.20. The van der Waals surface area contributed by atoms with Gasteiger partial charge in [-0.05, 0) is 18.8 Å². The van der Waals surface area contributed by atoms with Gasteiger partial charge in [-0.1, -0.05) is 25.6 Å². The topological polar surface area (TPSA) is 33.6 Å². The molecule has 1 fully saturated rings. The Hall–Kier alpha value is -0.220. The Bertz CT molecular complexity index is 249. The van der Waals surface area contributed by atoms with Crippen LogP contribution in [-0.4, -0.2) is 36.2 Å². The molecule has 1 saturated carbocycles. The van der Waals surface area contributed by atoms with Crippen LogP contribution in [0.25, 0.3) is 0 Å². The van der Waals surface area contributed by atoms with E-state index >= 15 is 0 Å². The third kappa shape index (κ3) is 2.67. The minimum Gasteiger partial charge on any atom is -0.381 e. The van der Waals surface area contributed by atoms with Gasteiger partial charge in [0, 0.05) is 18.9 Å². The summed E-state index contributed by atoms with van der Waals surface area (Å²) in [5.41, 5.74) is 0. The molecule has 1 aliphatic heterocycles. The van der Waals surface area contributed by atoms with Crippen molar-refractivity contribution in [3.8, 4) is 0 Å². The van der Waals surface area contributed by atoms with Crippen molar-refractivity contribution in [3.05, 3.63) is 0 Å². The fraction of sp³-hybridized carbons (Fsp3) is 0.909. The molecule has 0 saturated heterocycles. The highest BCUT2D eigenvalue weighted by Crippen LogP contribution is 2.26. The standard InChI is InChI=1S/C11H20N2OS/c1-7(2)10-6-15-11(13-10)12-8-4-9(5-8)14-3/h7-10H,4-6H2,1-3H3,(H,12,13). The van der Waals surface area contributed by atoms with Crippen molar-refractivity contribution in [1.82, 2.24) is 5.32 Å². The van der Waals surface area contributed by atoms with E-state index in [0.717, 1.165) is 23.8 Å². The van der Waals surface area contributed by atoms with Gasteiger partial charge < -0.3 is 10.1 Å². The molecule has 0 aromatic carbocycles. The summed E-state index contributed by atoms with van der Waals surface area (Å²) in [5, 5.41) is 4.64. The van der Waals surface area contributed by atoms with Crippen LogP contribution < -0.4 is 5.32 Å². The second-order valence-corrected chi connectivity index (χ2v) is 5.74. The maximum Gasteiger partial charge on any atom is 0.157 e. The molecule has 4 heteroatoms. The highest BCUT2D eigenvalue weighted by molar-refractivity contribution is 8.14. The van der Waals surface area contributed by atoms with Crippen molar-refractivity contribution in [3.63, 3.8) is 0 Å². The molecule has 0 aromatic rings. The monoisotopic (exact) mass is 228 g/mol. The number of nitrogens with zero attached hydrogens (tertiary/aromatic N) is 1. The van der Waals surface area contributed by atoms with E-state index in [9.17, 15) is 0 Å². The average Bonchev–Trinajstić information content (AvgIpc) is 2.58. The SMILES string of the molecule is COC1CC(NC2=NC(C(C)C)CS2)C1. The number of thioether (sulfide) groups is 1.